The zero-order chi connectivity index (χ0) is 10.6. The summed E-state index contributed by atoms with van der Waals surface area (Å²) in [6.07, 6.45) is 6.99. The third-order valence-electron chi connectivity index (χ3n) is 2.05. The van der Waals surface area contributed by atoms with E-state index in [1.54, 1.807) is 0 Å². The van der Waals surface area contributed by atoms with Crippen molar-refractivity contribution in [2.75, 3.05) is 19.8 Å². The van der Waals surface area contributed by atoms with Crippen molar-refractivity contribution in [2.45, 2.75) is 45.4 Å². The molecule has 2 nitrogen and oxygen atoms in total. The normalized spacial score (nSPS) is 10.4. The topological polar surface area (TPSA) is 29.5 Å². The maximum Gasteiger partial charge on any atom is 0.0671 e. The first-order valence-electron chi connectivity index (χ1n) is 5.60. The zero-order valence-electron chi connectivity index (χ0n) is 9.43. The highest BCUT2D eigenvalue weighted by Crippen LogP contribution is 2.05. The van der Waals surface area contributed by atoms with Gasteiger partial charge in [0.25, 0.3) is 0 Å². The fourth-order valence-corrected chi connectivity index (χ4v) is 1.27. The highest BCUT2D eigenvalue weighted by molar-refractivity contribution is 4.87. The second kappa shape index (κ2) is 10.7. The fourth-order valence-electron chi connectivity index (χ4n) is 1.27. The Labute approximate surface area is 88.0 Å². The molecule has 0 saturated carbocycles. The van der Waals surface area contributed by atoms with E-state index in [2.05, 4.69) is 6.58 Å². The predicted octanol–water partition coefficient (Wildman–Crippen LogP) is 2.91. The van der Waals surface area contributed by atoms with E-state index in [0.717, 1.165) is 31.4 Å². The number of rotatable bonds is 10. The monoisotopic (exact) mass is 200 g/mol. The summed E-state index contributed by atoms with van der Waals surface area (Å²) < 4.78 is 5.38. The van der Waals surface area contributed by atoms with Gasteiger partial charge in [0.2, 0.25) is 0 Å². The number of ether oxygens (including phenoxy) is 1. The molecule has 0 aliphatic carbocycles. The molecule has 84 valence electrons. The second-order valence-corrected chi connectivity index (χ2v) is 3.85. The molecule has 1 N–H and O–H groups in total. The molecule has 0 amide bonds. The minimum absolute atomic E-state index is 0.335. The Morgan fingerprint density at radius 2 is 1.64 bits per heavy atom. The number of unbranched alkanes of at least 4 members (excludes halogenated alkanes) is 5. The molecule has 0 fully saturated rings. The predicted molar refractivity (Wildman–Crippen MR) is 60.4 cm³/mol. The summed E-state index contributed by atoms with van der Waals surface area (Å²) in [5.41, 5.74) is 1.09. The summed E-state index contributed by atoms with van der Waals surface area (Å²) in [7, 11) is 0. The molecule has 0 aromatic carbocycles. The Kier molecular flexibility index (Phi) is 10.5. The van der Waals surface area contributed by atoms with Gasteiger partial charge in [-0.1, -0.05) is 37.8 Å². The lowest BCUT2D eigenvalue weighted by Crippen LogP contribution is -1.97. The van der Waals surface area contributed by atoms with Crippen LogP contribution >= 0.6 is 0 Å². The average Bonchev–Trinajstić information content (AvgIpc) is 2.15. The molecule has 0 spiro atoms. The lowest BCUT2D eigenvalue weighted by molar-refractivity contribution is 0.151. The molecule has 0 rings (SSSR count). The van der Waals surface area contributed by atoms with Crippen LogP contribution in [0.1, 0.15) is 45.4 Å². The minimum atomic E-state index is 0.335. The van der Waals surface area contributed by atoms with Crippen molar-refractivity contribution >= 4 is 0 Å². The lowest BCUT2D eigenvalue weighted by Gasteiger charge is -2.03. The van der Waals surface area contributed by atoms with Crippen LogP contribution in [-0.2, 0) is 4.74 Å². The number of aliphatic hydroxyl groups is 1. The van der Waals surface area contributed by atoms with E-state index in [-0.39, 0.29) is 0 Å². The summed E-state index contributed by atoms with van der Waals surface area (Å²) in [4.78, 5) is 0. The van der Waals surface area contributed by atoms with Crippen molar-refractivity contribution in [3.63, 3.8) is 0 Å². The highest BCUT2D eigenvalue weighted by Gasteiger charge is 1.91. The van der Waals surface area contributed by atoms with Gasteiger partial charge in [-0.05, 0) is 19.8 Å². The molecule has 0 bridgehead atoms. The molecule has 0 radical (unpaired) electrons. The smallest absolute Gasteiger partial charge is 0.0671 e. The van der Waals surface area contributed by atoms with Gasteiger partial charge in [0, 0.05) is 13.2 Å². The van der Waals surface area contributed by atoms with Crippen LogP contribution in [0.4, 0.5) is 0 Å². The van der Waals surface area contributed by atoms with Crippen molar-refractivity contribution in [1.82, 2.24) is 0 Å². The van der Waals surface area contributed by atoms with Crippen LogP contribution in [0.3, 0.4) is 0 Å². The van der Waals surface area contributed by atoms with Crippen LogP contribution in [0.2, 0.25) is 0 Å². The summed E-state index contributed by atoms with van der Waals surface area (Å²) in [6, 6.07) is 0. The van der Waals surface area contributed by atoms with Crippen molar-refractivity contribution in [3.05, 3.63) is 12.2 Å². The highest BCUT2D eigenvalue weighted by atomic mass is 16.5. The third-order valence-corrected chi connectivity index (χ3v) is 2.05. The van der Waals surface area contributed by atoms with E-state index in [4.69, 9.17) is 9.84 Å². The lowest BCUT2D eigenvalue weighted by atomic mass is 10.1. The van der Waals surface area contributed by atoms with E-state index < -0.39 is 0 Å². The van der Waals surface area contributed by atoms with Gasteiger partial charge >= 0.3 is 0 Å². The maximum atomic E-state index is 8.56. The SMILES string of the molecule is C=C(C)COCCCCCCCCO. The van der Waals surface area contributed by atoms with Crippen LogP contribution in [0, 0.1) is 0 Å². The molecule has 0 unspecified atom stereocenters. The molecule has 0 aliphatic heterocycles. The number of hydrogen-bond acceptors (Lipinski definition) is 2. The summed E-state index contributed by atoms with van der Waals surface area (Å²) in [5.74, 6) is 0. The largest absolute Gasteiger partial charge is 0.396 e. The van der Waals surface area contributed by atoms with Crippen LogP contribution in [0.25, 0.3) is 0 Å². The Morgan fingerprint density at radius 3 is 2.21 bits per heavy atom. The van der Waals surface area contributed by atoms with Gasteiger partial charge in [-0.15, -0.1) is 0 Å². The van der Waals surface area contributed by atoms with Crippen LogP contribution in [-0.4, -0.2) is 24.9 Å². The van der Waals surface area contributed by atoms with E-state index in [9.17, 15) is 0 Å². The Hall–Kier alpha value is -0.340. The summed E-state index contributed by atoms with van der Waals surface area (Å²) >= 11 is 0. The molecule has 0 aromatic rings. The van der Waals surface area contributed by atoms with E-state index in [0.29, 0.717) is 13.2 Å². The van der Waals surface area contributed by atoms with E-state index >= 15 is 0 Å². The molecule has 2 heteroatoms. The van der Waals surface area contributed by atoms with Crippen molar-refractivity contribution in [1.29, 1.82) is 0 Å². The molecule has 0 atom stereocenters. The molecule has 14 heavy (non-hydrogen) atoms. The van der Waals surface area contributed by atoms with Crippen LogP contribution in [0.5, 0.6) is 0 Å². The minimum Gasteiger partial charge on any atom is -0.396 e. The Morgan fingerprint density at radius 1 is 1.07 bits per heavy atom. The van der Waals surface area contributed by atoms with Crippen molar-refractivity contribution in [2.24, 2.45) is 0 Å². The Balaban J connectivity index is 2.88. The number of aliphatic hydroxyl groups excluding tert-OH is 1. The van der Waals surface area contributed by atoms with Crippen LogP contribution in [0.15, 0.2) is 12.2 Å². The fraction of sp³-hybridized carbons (Fsp3) is 0.833. The molecule has 0 saturated heterocycles. The van der Waals surface area contributed by atoms with Crippen molar-refractivity contribution in [3.8, 4) is 0 Å². The van der Waals surface area contributed by atoms with Gasteiger partial charge in [0.05, 0.1) is 6.61 Å². The first-order chi connectivity index (χ1) is 6.77. The number of hydrogen-bond donors (Lipinski definition) is 1. The average molecular weight is 200 g/mol. The zero-order valence-corrected chi connectivity index (χ0v) is 9.43. The molecular formula is C12H24O2. The van der Waals surface area contributed by atoms with Crippen LogP contribution < -0.4 is 0 Å². The van der Waals surface area contributed by atoms with Gasteiger partial charge in [-0.2, -0.15) is 0 Å². The summed E-state index contributed by atoms with van der Waals surface area (Å²) in [6.45, 7) is 7.64. The van der Waals surface area contributed by atoms with Gasteiger partial charge in [-0.25, -0.2) is 0 Å². The quantitative estimate of drug-likeness (QED) is 0.434. The van der Waals surface area contributed by atoms with Gasteiger partial charge in [-0.3, -0.25) is 0 Å². The Bertz CT molecular complexity index is 132. The second-order valence-electron chi connectivity index (χ2n) is 3.85. The van der Waals surface area contributed by atoms with Gasteiger partial charge in [0.1, 0.15) is 0 Å². The third kappa shape index (κ3) is 11.7. The molecule has 0 heterocycles. The van der Waals surface area contributed by atoms with E-state index in [1.807, 2.05) is 6.92 Å². The van der Waals surface area contributed by atoms with Gasteiger partial charge < -0.3 is 9.84 Å². The molecule has 0 aromatic heterocycles. The first-order valence-corrected chi connectivity index (χ1v) is 5.60. The molecular weight excluding hydrogens is 176 g/mol. The first kappa shape index (κ1) is 13.7. The van der Waals surface area contributed by atoms with Gasteiger partial charge in [0.15, 0.2) is 0 Å². The van der Waals surface area contributed by atoms with Crippen molar-refractivity contribution < 1.29 is 9.84 Å². The maximum absolute atomic E-state index is 8.56. The van der Waals surface area contributed by atoms with E-state index in [1.165, 1.54) is 19.3 Å². The summed E-state index contributed by atoms with van der Waals surface area (Å²) in [5, 5.41) is 8.56. The molecule has 0 aliphatic rings. The standard InChI is InChI=1S/C12H24O2/c1-12(2)11-14-10-8-6-4-3-5-7-9-13/h13H,1,3-11H2,2H3.